The second-order valence-corrected chi connectivity index (χ2v) is 7.15. The Hall–Kier alpha value is -1.10. The van der Waals surface area contributed by atoms with E-state index in [9.17, 15) is 0 Å². The predicted octanol–water partition coefficient (Wildman–Crippen LogP) is 2.86. The zero-order chi connectivity index (χ0) is 15.2. The van der Waals surface area contributed by atoms with Crippen LogP contribution in [0, 0.1) is 12.8 Å². The molecule has 1 fully saturated rings. The van der Waals surface area contributed by atoms with Gasteiger partial charge in [0.2, 0.25) is 0 Å². The first-order chi connectivity index (χ1) is 10.1. The van der Waals surface area contributed by atoms with Crippen molar-refractivity contribution in [3.8, 4) is 0 Å². The van der Waals surface area contributed by atoms with E-state index in [1.807, 2.05) is 18.4 Å². The van der Waals surface area contributed by atoms with E-state index >= 15 is 0 Å². The highest BCUT2D eigenvalue weighted by Gasteiger charge is 2.18. The van der Waals surface area contributed by atoms with Gasteiger partial charge in [-0.05, 0) is 32.1 Å². The summed E-state index contributed by atoms with van der Waals surface area (Å²) in [5, 5.41) is 4.73. The van der Waals surface area contributed by atoms with Gasteiger partial charge < -0.3 is 10.2 Å². The molecule has 5 heteroatoms. The first-order valence-corrected chi connectivity index (χ1v) is 8.86. The zero-order valence-corrected chi connectivity index (χ0v) is 14.6. The summed E-state index contributed by atoms with van der Waals surface area (Å²) < 4.78 is 0. The maximum Gasteiger partial charge on any atom is 0.193 e. The molecule has 1 aliphatic heterocycles. The van der Waals surface area contributed by atoms with Gasteiger partial charge in [0.15, 0.2) is 5.96 Å². The van der Waals surface area contributed by atoms with Gasteiger partial charge in [-0.3, -0.25) is 4.99 Å². The van der Waals surface area contributed by atoms with E-state index in [-0.39, 0.29) is 0 Å². The number of rotatable bonds is 4. The van der Waals surface area contributed by atoms with Gasteiger partial charge in [-0.1, -0.05) is 13.8 Å². The maximum absolute atomic E-state index is 4.70. The molecule has 4 nitrogen and oxygen atoms in total. The fourth-order valence-electron chi connectivity index (χ4n) is 2.76. The normalized spacial score (nSPS) is 17.3. The SMILES string of the molecule is CCc1nc(CCNC(=NC)N2CCC(C)CC2)sc1C. The molecule has 118 valence electrons. The number of aromatic nitrogens is 1. The highest BCUT2D eigenvalue weighted by Crippen LogP contribution is 2.18. The molecule has 1 aliphatic rings. The number of piperidine rings is 1. The number of nitrogens with one attached hydrogen (secondary N) is 1. The Morgan fingerprint density at radius 2 is 2.14 bits per heavy atom. The maximum atomic E-state index is 4.70. The van der Waals surface area contributed by atoms with Crippen LogP contribution in [-0.4, -0.2) is 42.5 Å². The summed E-state index contributed by atoms with van der Waals surface area (Å²) in [6.45, 7) is 9.83. The summed E-state index contributed by atoms with van der Waals surface area (Å²) in [6, 6.07) is 0. The number of thiazole rings is 1. The Bertz CT molecular complexity index is 473. The minimum absolute atomic E-state index is 0.852. The molecule has 0 aliphatic carbocycles. The van der Waals surface area contributed by atoms with Gasteiger partial charge in [-0.25, -0.2) is 4.98 Å². The van der Waals surface area contributed by atoms with Crippen LogP contribution in [0.15, 0.2) is 4.99 Å². The van der Waals surface area contributed by atoms with E-state index in [4.69, 9.17) is 4.98 Å². The minimum atomic E-state index is 0.852. The summed E-state index contributed by atoms with van der Waals surface area (Å²) in [5.41, 5.74) is 1.25. The molecule has 2 rings (SSSR count). The molecule has 0 unspecified atom stereocenters. The highest BCUT2D eigenvalue weighted by molar-refractivity contribution is 7.11. The molecule has 2 heterocycles. The van der Waals surface area contributed by atoms with E-state index in [0.29, 0.717) is 0 Å². The lowest BCUT2D eigenvalue weighted by Gasteiger charge is -2.32. The van der Waals surface area contributed by atoms with Crippen molar-refractivity contribution in [1.82, 2.24) is 15.2 Å². The van der Waals surface area contributed by atoms with Crippen LogP contribution in [0.2, 0.25) is 0 Å². The first kappa shape index (κ1) is 16.3. The number of nitrogens with zero attached hydrogens (tertiary/aromatic N) is 3. The van der Waals surface area contributed by atoms with Crippen molar-refractivity contribution in [1.29, 1.82) is 0 Å². The molecule has 0 aromatic carbocycles. The molecule has 1 saturated heterocycles. The molecule has 0 radical (unpaired) electrons. The third-order valence-electron chi connectivity index (χ3n) is 4.19. The third-order valence-corrected chi connectivity index (χ3v) is 5.26. The summed E-state index contributed by atoms with van der Waals surface area (Å²) in [4.78, 5) is 12.9. The quantitative estimate of drug-likeness (QED) is 0.687. The Morgan fingerprint density at radius 3 is 2.71 bits per heavy atom. The fraction of sp³-hybridized carbons (Fsp3) is 0.750. The molecule has 0 amide bonds. The van der Waals surface area contributed by atoms with Crippen molar-refractivity contribution in [2.45, 2.75) is 46.5 Å². The van der Waals surface area contributed by atoms with Crippen molar-refractivity contribution in [3.05, 3.63) is 15.6 Å². The average Bonchev–Trinajstić information content (AvgIpc) is 2.85. The Labute approximate surface area is 132 Å². The number of hydrogen-bond donors (Lipinski definition) is 1. The number of hydrogen-bond acceptors (Lipinski definition) is 3. The molecule has 21 heavy (non-hydrogen) atoms. The molecule has 0 spiro atoms. The van der Waals surface area contributed by atoms with Gasteiger partial charge in [0.25, 0.3) is 0 Å². The number of aryl methyl sites for hydroxylation is 2. The van der Waals surface area contributed by atoms with Crippen molar-refractivity contribution in [2.24, 2.45) is 10.9 Å². The molecule has 1 N–H and O–H groups in total. The van der Waals surface area contributed by atoms with E-state index < -0.39 is 0 Å². The molecular formula is C16H28N4S. The van der Waals surface area contributed by atoms with Crippen LogP contribution in [0.1, 0.15) is 42.3 Å². The van der Waals surface area contributed by atoms with Crippen molar-refractivity contribution >= 4 is 17.3 Å². The number of aliphatic imine (C=N–C) groups is 1. The molecule has 1 aromatic rings. The van der Waals surface area contributed by atoms with Crippen molar-refractivity contribution in [2.75, 3.05) is 26.7 Å². The summed E-state index contributed by atoms with van der Waals surface area (Å²) in [6.07, 6.45) is 4.55. The standard InChI is InChI=1S/C16H28N4S/c1-5-14-13(3)21-15(19-14)6-9-18-16(17-4)20-10-7-12(2)8-11-20/h12H,5-11H2,1-4H3,(H,17,18). The smallest absolute Gasteiger partial charge is 0.193 e. The summed E-state index contributed by atoms with van der Waals surface area (Å²) in [7, 11) is 1.88. The monoisotopic (exact) mass is 308 g/mol. The van der Waals surface area contributed by atoms with Crippen LogP contribution in [0.3, 0.4) is 0 Å². The highest BCUT2D eigenvalue weighted by atomic mass is 32.1. The van der Waals surface area contributed by atoms with E-state index in [2.05, 4.69) is 36.0 Å². The average molecular weight is 308 g/mol. The molecule has 1 aromatic heterocycles. The zero-order valence-electron chi connectivity index (χ0n) is 13.8. The fourth-order valence-corrected chi connectivity index (χ4v) is 3.78. The molecule has 0 atom stereocenters. The Balaban J connectivity index is 1.80. The third kappa shape index (κ3) is 4.43. The van der Waals surface area contributed by atoms with Gasteiger partial charge >= 0.3 is 0 Å². The second-order valence-electron chi connectivity index (χ2n) is 5.86. The van der Waals surface area contributed by atoms with E-state index in [1.54, 1.807) is 0 Å². The minimum Gasteiger partial charge on any atom is -0.356 e. The summed E-state index contributed by atoms with van der Waals surface area (Å²) in [5.74, 6) is 1.90. The molecular weight excluding hydrogens is 280 g/mol. The van der Waals surface area contributed by atoms with E-state index in [1.165, 1.54) is 28.4 Å². The Morgan fingerprint density at radius 1 is 1.43 bits per heavy atom. The van der Waals surface area contributed by atoms with Crippen molar-refractivity contribution in [3.63, 3.8) is 0 Å². The van der Waals surface area contributed by atoms with E-state index in [0.717, 1.165) is 44.4 Å². The lowest BCUT2D eigenvalue weighted by Crippen LogP contribution is -2.45. The lowest BCUT2D eigenvalue weighted by atomic mass is 10.00. The topological polar surface area (TPSA) is 40.5 Å². The van der Waals surface area contributed by atoms with Crippen LogP contribution < -0.4 is 5.32 Å². The van der Waals surface area contributed by atoms with Crippen molar-refractivity contribution < 1.29 is 0 Å². The van der Waals surface area contributed by atoms with Gasteiger partial charge in [0.1, 0.15) is 0 Å². The summed E-state index contributed by atoms with van der Waals surface area (Å²) >= 11 is 1.83. The largest absolute Gasteiger partial charge is 0.356 e. The lowest BCUT2D eigenvalue weighted by molar-refractivity contribution is 0.273. The van der Waals surface area contributed by atoms with Gasteiger partial charge in [-0.2, -0.15) is 0 Å². The van der Waals surface area contributed by atoms with Crippen LogP contribution >= 0.6 is 11.3 Å². The van der Waals surface area contributed by atoms with Gasteiger partial charge in [-0.15, -0.1) is 11.3 Å². The number of guanidine groups is 1. The van der Waals surface area contributed by atoms with Crippen LogP contribution in [0.25, 0.3) is 0 Å². The van der Waals surface area contributed by atoms with Gasteiger partial charge in [0, 0.05) is 38.0 Å². The Kier molecular flexibility index (Phi) is 6.03. The predicted molar refractivity (Wildman–Crippen MR) is 91.3 cm³/mol. The number of likely N-dealkylation sites (tertiary alicyclic amines) is 1. The van der Waals surface area contributed by atoms with Crippen LogP contribution in [-0.2, 0) is 12.8 Å². The molecule has 0 bridgehead atoms. The van der Waals surface area contributed by atoms with Crippen LogP contribution in [0.5, 0.6) is 0 Å². The van der Waals surface area contributed by atoms with Crippen LogP contribution in [0.4, 0.5) is 0 Å². The van der Waals surface area contributed by atoms with Gasteiger partial charge in [0.05, 0.1) is 10.7 Å². The molecule has 0 saturated carbocycles. The second kappa shape index (κ2) is 7.78. The first-order valence-electron chi connectivity index (χ1n) is 8.04.